The van der Waals surface area contributed by atoms with Crippen molar-refractivity contribution in [3.05, 3.63) is 42.1 Å². The van der Waals surface area contributed by atoms with E-state index in [1.165, 1.54) is 30.2 Å². The molecule has 0 aliphatic heterocycles. The lowest BCUT2D eigenvalue weighted by atomic mass is 9.98. The summed E-state index contributed by atoms with van der Waals surface area (Å²) in [4.78, 5) is 4.54. The third kappa shape index (κ3) is 2.70. The zero-order valence-corrected chi connectivity index (χ0v) is 10.9. The minimum absolute atomic E-state index is 0.577. The van der Waals surface area contributed by atoms with Crippen molar-refractivity contribution in [1.82, 2.24) is 10.3 Å². The molecule has 3 rings (SSSR count). The van der Waals surface area contributed by atoms with E-state index in [0.717, 1.165) is 18.1 Å². The lowest BCUT2D eigenvalue weighted by Gasteiger charge is -2.12. The highest BCUT2D eigenvalue weighted by atomic mass is 14.9. The molecule has 1 saturated carbocycles. The van der Waals surface area contributed by atoms with E-state index < -0.39 is 0 Å². The fourth-order valence-electron chi connectivity index (χ4n) is 2.32. The summed E-state index contributed by atoms with van der Waals surface area (Å²) in [6, 6.07) is 11.4. The van der Waals surface area contributed by atoms with Crippen molar-refractivity contribution >= 4 is 10.9 Å². The quantitative estimate of drug-likeness (QED) is 0.865. The lowest BCUT2D eigenvalue weighted by Crippen LogP contribution is -2.19. The molecule has 1 heterocycles. The molecule has 0 radical (unpaired) electrons. The number of hydrogen-bond donors (Lipinski definition) is 1. The van der Waals surface area contributed by atoms with Gasteiger partial charge in [0.05, 0.1) is 5.52 Å². The molecule has 1 N–H and O–H groups in total. The summed E-state index contributed by atoms with van der Waals surface area (Å²) < 4.78 is 0. The fourth-order valence-corrected chi connectivity index (χ4v) is 2.32. The number of nitrogens with one attached hydrogen (secondary N) is 1. The Bertz CT molecular complexity index is 531. The molecule has 1 aromatic carbocycles. The van der Waals surface area contributed by atoms with Gasteiger partial charge in [-0.2, -0.15) is 0 Å². The van der Waals surface area contributed by atoms with E-state index in [2.05, 4.69) is 41.5 Å². The summed E-state index contributed by atoms with van der Waals surface area (Å²) in [5.41, 5.74) is 2.44. The van der Waals surface area contributed by atoms with Crippen LogP contribution in [0.5, 0.6) is 0 Å². The largest absolute Gasteiger partial charge is 0.314 e. The van der Waals surface area contributed by atoms with Gasteiger partial charge >= 0.3 is 0 Å². The monoisotopic (exact) mass is 240 g/mol. The number of pyridine rings is 1. The first-order valence-corrected chi connectivity index (χ1v) is 6.91. The molecule has 2 heteroatoms. The standard InChI is InChI=1S/C16H20N2/c1-12(8-9-17-15-6-7-15)14-10-13-4-2-3-5-16(13)18-11-14/h2-5,10-12,15,17H,6-9H2,1H3. The molecule has 1 aliphatic rings. The van der Waals surface area contributed by atoms with Gasteiger partial charge in [-0.15, -0.1) is 0 Å². The molecule has 2 aromatic rings. The van der Waals surface area contributed by atoms with Crippen LogP contribution in [0.3, 0.4) is 0 Å². The van der Waals surface area contributed by atoms with Gasteiger partial charge in [-0.1, -0.05) is 25.1 Å². The summed E-state index contributed by atoms with van der Waals surface area (Å²) in [5.74, 6) is 0.577. The number of hydrogen-bond acceptors (Lipinski definition) is 2. The van der Waals surface area contributed by atoms with Crippen LogP contribution in [0, 0.1) is 0 Å². The summed E-state index contributed by atoms with van der Waals surface area (Å²) in [5, 5.41) is 4.82. The zero-order valence-electron chi connectivity index (χ0n) is 10.9. The maximum absolute atomic E-state index is 4.54. The van der Waals surface area contributed by atoms with E-state index in [0.29, 0.717) is 5.92 Å². The van der Waals surface area contributed by atoms with Crippen molar-refractivity contribution in [3.63, 3.8) is 0 Å². The van der Waals surface area contributed by atoms with Gasteiger partial charge in [0.25, 0.3) is 0 Å². The molecule has 0 saturated heterocycles. The van der Waals surface area contributed by atoms with Gasteiger partial charge in [-0.3, -0.25) is 4.98 Å². The van der Waals surface area contributed by atoms with Gasteiger partial charge < -0.3 is 5.32 Å². The molecular formula is C16H20N2. The average Bonchev–Trinajstić information content (AvgIpc) is 3.22. The lowest BCUT2D eigenvalue weighted by molar-refractivity contribution is 0.591. The Morgan fingerprint density at radius 1 is 1.33 bits per heavy atom. The van der Waals surface area contributed by atoms with Gasteiger partial charge in [0.1, 0.15) is 0 Å². The molecule has 2 nitrogen and oxygen atoms in total. The zero-order chi connectivity index (χ0) is 12.4. The molecular weight excluding hydrogens is 220 g/mol. The molecule has 94 valence electrons. The van der Waals surface area contributed by atoms with Crippen LogP contribution in [0.1, 0.15) is 37.7 Å². The summed E-state index contributed by atoms with van der Waals surface area (Å²) >= 11 is 0. The topological polar surface area (TPSA) is 24.9 Å². The third-order valence-electron chi connectivity index (χ3n) is 3.77. The van der Waals surface area contributed by atoms with Crippen molar-refractivity contribution in [2.75, 3.05) is 6.54 Å². The van der Waals surface area contributed by atoms with E-state index in [1.807, 2.05) is 12.3 Å². The van der Waals surface area contributed by atoms with Gasteiger partial charge in [-0.05, 0) is 49.4 Å². The molecule has 1 unspecified atom stereocenters. The molecule has 0 spiro atoms. The Labute approximate surface area is 108 Å². The molecule has 18 heavy (non-hydrogen) atoms. The van der Waals surface area contributed by atoms with Crippen molar-refractivity contribution in [2.45, 2.75) is 38.1 Å². The van der Waals surface area contributed by atoms with E-state index in [9.17, 15) is 0 Å². The highest BCUT2D eigenvalue weighted by Crippen LogP contribution is 2.23. The van der Waals surface area contributed by atoms with E-state index in [1.54, 1.807) is 0 Å². The summed E-state index contributed by atoms with van der Waals surface area (Å²) in [6.07, 6.45) is 5.96. The first-order chi connectivity index (χ1) is 8.83. The number of para-hydroxylation sites is 1. The van der Waals surface area contributed by atoms with Gasteiger partial charge in [0, 0.05) is 17.6 Å². The maximum Gasteiger partial charge on any atom is 0.0702 e. The van der Waals surface area contributed by atoms with Crippen LogP contribution in [0.15, 0.2) is 36.5 Å². The van der Waals surface area contributed by atoms with E-state index in [-0.39, 0.29) is 0 Å². The van der Waals surface area contributed by atoms with Crippen molar-refractivity contribution in [2.24, 2.45) is 0 Å². The highest BCUT2D eigenvalue weighted by molar-refractivity contribution is 5.78. The Kier molecular flexibility index (Phi) is 3.28. The minimum Gasteiger partial charge on any atom is -0.314 e. The summed E-state index contributed by atoms with van der Waals surface area (Å²) in [6.45, 7) is 3.42. The Balaban J connectivity index is 1.67. The predicted octanol–water partition coefficient (Wildman–Crippen LogP) is 3.48. The number of rotatable bonds is 5. The molecule has 1 fully saturated rings. The number of benzene rings is 1. The molecule has 1 aromatic heterocycles. The van der Waals surface area contributed by atoms with Crippen LogP contribution >= 0.6 is 0 Å². The van der Waals surface area contributed by atoms with Crippen molar-refractivity contribution in [1.29, 1.82) is 0 Å². The molecule has 0 amide bonds. The third-order valence-corrected chi connectivity index (χ3v) is 3.77. The van der Waals surface area contributed by atoms with Gasteiger partial charge in [-0.25, -0.2) is 0 Å². The Morgan fingerprint density at radius 2 is 2.17 bits per heavy atom. The number of nitrogens with zero attached hydrogens (tertiary/aromatic N) is 1. The SMILES string of the molecule is CC(CCNC1CC1)c1cnc2ccccc2c1. The van der Waals surface area contributed by atoms with E-state index >= 15 is 0 Å². The van der Waals surface area contributed by atoms with Crippen LogP contribution in [-0.2, 0) is 0 Å². The van der Waals surface area contributed by atoms with Gasteiger partial charge in [0.2, 0.25) is 0 Å². The van der Waals surface area contributed by atoms with Crippen LogP contribution in [-0.4, -0.2) is 17.6 Å². The first-order valence-electron chi connectivity index (χ1n) is 6.91. The molecule has 1 aliphatic carbocycles. The minimum atomic E-state index is 0.577. The fraction of sp³-hybridized carbons (Fsp3) is 0.438. The highest BCUT2D eigenvalue weighted by Gasteiger charge is 2.20. The first kappa shape index (κ1) is 11.7. The summed E-state index contributed by atoms with van der Waals surface area (Å²) in [7, 11) is 0. The van der Waals surface area contributed by atoms with Crippen molar-refractivity contribution < 1.29 is 0 Å². The second-order valence-electron chi connectivity index (χ2n) is 5.38. The number of aromatic nitrogens is 1. The van der Waals surface area contributed by atoms with Crippen LogP contribution in [0.25, 0.3) is 10.9 Å². The smallest absolute Gasteiger partial charge is 0.0702 e. The van der Waals surface area contributed by atoms with Crippen molar-refractivity contribution in [3.8, 4) is 0 Å². The maximum atomic E-state index is 4.54. The molecule has 0 bridgehead atoms. The number of fused-ring (bicyclic) bond motifs is 1. The predicted molar refractivity (Wildman–Crippen MR) is 75.8 cm³/mol. The van der Waals surface area contributed by atoms with Crippen LogP contribution in [0.4, 0.5) is 0 Å². The normalized spacial score (nSPS) is 16.9. The Morgan fingerprint density at radius 3 is 3.00 bits per heavy atom. The average molecular weight is 240 g/mol. The van der Waals surface area contributed by atoms with Gasteiger partial charge in [0.15, 0.2) is 0 Å². The van der Waals surface area contributed by atoms with Crippen LogP contribution in [0.2, 0.25) is 0 Å². The Hall–Kier alpha value is -1.41. The molecule has 1 atom stereocenters. The second kappa shape index (κ2) is 5.07. The van der Waals surface area contributed by atoms with Crippen LogP contribution < -0.4 is 5.32 Å². The second-order valence-corrected chi connectivity index (χ2v) is 5.38. The van der Waals surface area contributed by atoms with E-state index in [4.69, 9.17) is 0 Å².